The lowest BCUT2D eigenvalue weighted by Gasteiger charge is -2.24. The fourth-order valence-electron chi connectivity index (χ4n) is 2.74. The second-order valence-electron chi connectivity index (χ2n) is 5.79. The van der Waals surface area contributed by atoms with Gasteiger partial charge in [0.25, 0.3) is 0 Å². The Morgan fingerprint density at radius 2 is 1.67 bits per heavy atom. The van der Waals surface area contributed by atoms with Crippen LogP contribution >= 0.6 is 0 Å². The van der Waals surface area contributed by atoms with E-state index in [2.05, 4.69) is 17.4 Å². The van der Waals surface area contributed by atoms with Gasteiger partial charge in [-0.15, -0.1) is 0 Å². The van der Waals surface area contributed by atoms with E-state index in [1.165, 1.54) is 30.5 Å². The Hall–Kier alpha value is -1.74. The molecule has 0 spiro atoms. The van der Waals surface area contributed by atoms with Gasteiger partial charge in [0.05, 0.1) is 0 Å². The van der Waals surface area contributed by atoms with Crippen LogP contribution in [0.4, 0.5) is 8.78 Å². The van der Waals surface area contributed by atoms with Crippen LogP contribution in [-0.2, 0) is 0 Å². The zero-order valence-electron chi connectivity index (χ0n) is 12.0. The molecule has 0 saturated heterocycles. The molecule has 21 heavy (non-hydrogen) atoms. The van der Waals surface area contributed by atoms with E-state index in [0.29, 0.717) is 5.92 Å². The molecule has 2 aromatic carbocycles. The molecule has 0 bridgehead atoms. The summed E-state index contributed by atoms with van der Waals surface area (Å²) in [5.41, 5.74) is 2.03. The van der Waals surface area contributed by atoms with Crippen LogP contribution in [0.5, 0.6) is 0 Å². The smallest absolute Gasteiger partial charge is 0.159 e. The van der Waals surface area contributed by atoms with E-state index in [4.69, 9.17) is 0 Å². The quantitative estimate of drug-likeness (QED) is 0.835. The summed E-state index contributed by atoms with van der Waals surface area (Å²) in [4.78, 5) is 0. The zero-order valence-corrected chi connectivity index (χ0v) is 12.0. The summed E-state index contributed by atoms with van der Waals surface area (Å²) in [7, 11) is 0. The molecule has 0 aliphatic heterocycles. The standard InChI is InChI=1S/C18H19F2N/c1-12(15-9-10-16(19)17(20)11-15)21-18(14-7-8-14)13-5-3-2-4-6-13/h2-6,9-12,14,18,21H,7-8H2,1H3. The van der Waals surface area contributed by atoms with Crippen molar-refractivity contribution in [3.63, 3.8) is 0 Å². The summed E-state index contributed by atoms with van der Waals surface area (Å²) < 4.78 is 26.4. The third kappa shape index (κ3) is 3.30. The minimum absolute atomic E-state index is 0.0223. The molecule has 2 atom stereocenters. The van der Waals surface area contributed by atoms with Gasteiger partial charge in [-0.1, -0.05) is 36.4 Å². The van der Waals surface area contributed by atoms with Gasteiger partial charge < -0.3 is 5.32 Å². The van der Waals surface area contributed by atoms with Crippen molar-refractivity contribution < 1.29 is 8.78 Å². The van der Waals surface area contributed by atoms with Gasteiger partial charge in [0.2, 0.25) is 0 Å². The van der Waals surface area contributed by atoms with Gasteiger partial charge >= 0.3 is 0 Å². The molecule has 1 N–H and O–H groups in total. The van der Waals surface area contributed by atoms with E-state index in [9.17, 15) is 8.78 Å². The monoisotopic (exact) mass is 287 g/mol. The van der Waals surface area contributed by atoms with Crippen molar-refractivity contribution in [2.45, 2.75) is 31.8 Å². The SMILES string of the molecule is CC(NC(c1ccccc1)C1CC1)c1ccc(F)c(F)c1. The van der Waals surface area contributed by atoms with Crippen molar-refractivity contribution in [3.8, 4) is 0 Å². The summed E-state index contributed by atoms with van der Waals surface area (Å²) in [5.74, 6) is -0.947. The zero-order chi connectivity index (χ0) is 14.8. The molecule has 1 fully saturated rings. The van der Waals surface area contributed by atoms with Gasteiger partial charge in [-0.2, -0.15) is 0 Å². The maximum absolute atomic E-state index is 13.4. The molecule has 1 aliphatic rings. The molecular formula is C18H19F2N. The molecule has 0 heterocycles. The van der Waals surface area contributed by atoms with Gasteiger partial charge in [0.1, 0.15) is 0 Å². The molecule has 1 nitrogen and oxygen atoms in total. The summed E-state index contributed by atoms with van der Waals surface area (Å²) in [6, 6.07) is 14.7. The number of nitrogens with one attached hydrogen (secondary N) is 1. The molecule has 1 aliphatic carbocycles. The maximum atomic E-state index is 13.4. The van der Waals surface area contributed by atoms with E-state index in [1.54, 1.807) is 6.07 Å². The Morgan fingerprint density at radius 3 is 2.29 bits per heavy atom. The highest BCUT2D eigenvalue weighted by atomic mass is 19.2. The summed E-state index contributed by atoms with van der Waals surface area (Å²) in [6.45, 7) is 1.99. The maximum Gasteiger partial charge on any atom is 0.159 e. The van der Waals surface area contributed by atoms with E-state index in [0.717, 1.165) is 5.56 Å². The van der Waals surface area contributed by atoms with Crippen LogP contribution in [-0.4, -0.2) is 0 Å². The Bertz CT molecular complexity index is 608. The lowest BCUT2D eigenvalue weighted by Crippen LogP contribution is -2.26. The number of hydrogen-bond donors (Lipinski definition) is 1. The van der Waals surface area contributed by atoms with Crippen molar-refractivity contribution in [1.82, 2.24) is 5.32 Å². The predicted molar refractivity (Wildman–Crippen MR) is 79.8 cm³/mol. The third-order valence-corrected chi connectivity index (χ3v) is 4.13. The van der Waals surface area contributed by atoms with Crippen LogP contribution in [0.1, 0.15) is 43.0 Å². The average molecular weight is 287 g/mol. The molecule has 0 amide bonds. The fourth-order valence-corrected chi connectivity index (χ4v) is 2.74. The molecule has 2 unspecified atom stereocenters. The summed E-state index contributed by atoms with van der Waals surface area (Å²) in [5, 5.41) is 3.57. The largest absolute Gasteiger partial charge is 0.303 e. The minimum atomic E-state index is -0.798. The highest BCUT2D eigenvalue weighted by Gasteiger charge is 2.33. The van der Waals surface area contributed by atoms with Gasteiger partial charge in [0.15, 0.2) is 11.6 Å². The van der Waals surface area contributed by atoms with Crippen LogP contribution in [0.3, 0.4) is 0 Å². The number of rotatable bonds is 5. The van der Waals surface area contributed by atoms with Gasteiger partial charge in [-0.3, -0.25) is 0 Å². The Morgan fingerprint density at radius 1 is 0.952 bits per heavy atom. The lowest BCUT2D eigenvalue weighted by atomic mass is 9.99. The van der Waals surface area contributed by atoms with E-state index in [-0.39, 0.29) is 12.1 Å². The third-order valence-electron chi connectivity index (χ3n) is 4.13. The van der Waals surface area contributed by atoms with Crippen molar-refractivity contribution >= 4 is 0 Å². The molecule has 110 valence electrons. The van der Waals surface area contributed by atoms with Gasteiger partial charge in [0, 0.05) is 12.1 Å². The van der Waals surface area contributed by atoms with Crippen LogP contribution in [0.15, 0.2) is 48.5 Å². The topological polar surface area (TPSA) is 12.0 Å². The van der Waals surface area contributed by atoms with Crippen molar-refractivity contribution in [2.75, 3.05) is 0 Å². The Balaban J connectivity index is 1.78. The first kappa shape index (κ1) is 14.2. The number of benzene rings is 2. The van der Waals surface area contributed by atoms with Crippen molar-refractivity contribution in [2.24, 2.45) is 5.92 Å². The normalized spacial score (nSPS) is 17.5. The first-order valence-corrected chi connectivity index (χ1v) is 7.41. The van der Waals surface area contributed by atoms with Crippen LogP contribution in [0.2, 0.25) is 0 Å². The van der Waals surface area contributed by atoms with Crippen LogP contribution in [0, 0.1) is 17.6 Å². The first-order chi connectivity index (χ1) is 10.1. The summed E-state index contributed by atoms with van der Waals surface area (Å²) in [6.07, 6.45) is 2.44. The second-order valence-corrected chi connectivity index (χ2v) is 5.79. The first-order valence-electron chi connectivity index (χ1n) is 7.41. The molecule has 2 aromatic rings. The Kier molecular flexibility index (Phi) is 4.02. The summed E-state index contributed by atoms with van der Waals surface area (Å²) >= 11 is 0. The van der Waals surface area contributed by atoms with E-state index < -0.39 is 11.6 Å². The number of halogens is 2. The molecule has 0 aromatic heterocycles. The van der Waals surface area contributed by atoms with Gasteiger partial charge in [-0.05, 0) is 48.9 Å². The minimum Gasteiger partial charge on any atom is -0.303 e. The van der Waals surface area contributed by atoms with E-state index in [1.807, 2.05) is 25.1 Å². The van der Waals surface area contributed by atoms with Crippen LogP contribution < -0.4 is 5.32 Å². The van der Waals surface area contributed by atoms with Crippen molar-refractivity contribution in [3.05, 3.63) is 71.3 Å². The molecular weight excluding hydrogens is 268 g/mol. The van der Waals surface area contributed by atoms with Crippen molar-refractivity contribution in [1.29, 1.82) is 0 Å². The fraction of sp³-hybridized carbons (Fsp3) is 0.333. The highest BCUT2D eigenvalue weighted by Crippen LogP contribution is 2.42. The second kappa shape index (κ2) is 5.94. The molecule has 3 rings (SSSR count). The molecule has 3 heteroatoms. The van der Waals surface area contributed by atoms with Crippen LogP contribution in [0.25, 0.3) is 0 Å². The Labute approximate surface area is 124 Å². The van der Waals surface area contributed by atoms with Gasteiger partial charge in [-0.25, -0.2) is 8.78 Å². The number of hydrogen-bond acceptors (Lipinski definition) is 1. The predicted octanol–water partition coefficient (Wildman–Crippen LogP) is 4.77. The van der Waals surface area contributed by atoms with E-state index >= 15 is 0 Å². The molecule has 0 radical (unpaired) electrons. The highest BCUT2D eigenvalue weighted by molar-refractivity contribution is 5.24. The average Bonchev–Trinajstić information content (AvgIpc) is 3.33. The lowest BCUT2D eigenvalue weighted by molar-refractivity contribution is 0.424. The molecule has 1 saturated carbocycles.